The number of rotatable bonds is 7. The minimum absolute atomic E-state index is 0.0184. The third-order valence-electron chi connectivity index (χ3n) is 4.26. The van der Waals surface area contributed by atoms with Crippen LogP contribution in [0.4, 0.5) is 4.79 Å². The maximum atomic E-state index is 12.8. The molecular formula is C21H27N5O3. The Morgan fingerprint density at radius 1 is 1.10 bits per heavy atom. The molecule has 0 saturated heterocycles. The summed E-state index contributed by atoms with van der Waals surface area (Å²) in [5.41, 5.74) is 0.946. The van der Waals surface area contributed by atoms with E-state index in [4.69, 9.17) is 5.26 Å². The Kier molecular flexibility index (Phi) is 7.37. The number of carbonyl (C=O) groups is 3. The number of hydrogen-bond acceptors (Lipinski definition) is 4. The van der Waals surface area contributed by atoms with E-state index in [1.54, 1.807) is 30.5 Å². The zero-order chi connectivity index (χ0) is 21.6. The molecular weight excluding hydrogens is 370 g/mol. The van der Waals surface area contributed by atoms with Gasteiger partial charge in [0.15, 0.2) is 0 Å². The number of nitriles is 1. The zero-order valence-electron chi connectivity index (χ0n) is 17.2. The van der Waals surface area contributed by atoms with Crippen molar-refractivity contribution in [2.45, 2.75) is 46.2 Å². The minimum atomic E-state index is -0.748. The van der Waals surface area contributed by atoms with Gasteiger partial charge in [-0.2, -0.15) is 5.26 Å². The Bertz CT molecular complexity index is 939. The average Bonchev–Trinajstić information content (AvgIpc) is 3.07. The highest BCUT2D eigenvalue weighted by atomic mass is 16.2. The van der Waals surface area contributed by atoms with Gasteiger partial charge in [0.1, 0.15) is 12.6 Å². The summed E-state index contributed by atoms with van der Waals surface area (Å²) < 4.78 is 1.46. The van der Waals surface area contributed by atoms with Crippen LogP contribution < -0.4 is 16.0 Å². The van der Waals surface area contributed by atoms with Gasteiger partial charge in [0.05, 0.1) is 11.6 Å². The number of benzene rings is 1. The second-order valence-corrected chi connectivity index (χ2v) is 7.60. The molecule has 0 spiro atoms. The topological polar surface area (TPSA) is 116 Å². The predicted molar refractivity (Wildman–Crippen MR) is 110 cm³/mol. The first-order valence-corrected chi connectivity index (χ1v) is 9.60. The first kappa shape index (κ1) is 22.0. The van der Waals surface area contributed by atoms with Gasteiger partial charge in [-0.15, -0.1) is 0 Å². The quantitative estimate of drug-likeness (QED) is 0.622. The van der Waals surface area contributed by atoms with Gasteiger partial charge in [-0.05, 0) is 44.4 Å². The summed E-state index contributed by atoms with van der Waals surface area (Å²) in [4.78, 5) is 37.4. The molecule has 0 bridgehead atoms. The maximum absolute atomic E-state index is 12.8. The van der Waals surface area contributed by atoms with Crippen molar-refractivity contribution in [1.29, 1.82) is 5.26 Å². The first-order valence-electron chi connectivity index (χ1n) is 9.60. The van der Waals surface area contributed by atoms with E-state index in [0.29, 0.717) is 17.5 Å². The van der Waals surface area contributed by atoms with Gasteiger partial charge in [-0.3, -0.25) is 14.2 Å². The van der Waals surface area contributed by atoms with Gasteiger partial charge in [0, 0.05) is 23.2 Å². The summed E-state index contributed by atoms with van der Waals surface area (Å²) in [5.74, 6) is -0.636. The molecule has 3 amide bonds. The molecule has 0 saturated carbocycles. The molecule has 29 heavy (non-hydrogen) atoms. The lowest BCUT2D eigenvalue weighted by Gasteiger charge is -2.19. The Labute approximate surface area is 170 Å². The Morgan fingerprint density at radius 2 is 1.83 bits per heavy atom. The van der Waals surface area contributed by atoms with Crippen LogP contribution in [-0.2, 0) is 4.79 Å². The van der Waals surface area contributed by atoms with E-state index in [2.05, 4.69) is 16.0 Å². The second kappa shape index (κ2) is 9.73. The lowest BCUT2D eigenvalue weighted by atomic mass is 10.0. The molecule has 8 nitrogen and oxygen atoms in total. The number of carbonyl (C=O) groups excluding carboxylic acids is 3. The van der Waals surface area contributed by atoms with E-state index < -0.39 is 17.9 Å². The maximum Gasteiger partial charge on any atom is 0.326 e. The number of aromatic nitrogens is 1. The standard InChI is InChI=1S/C21H27N5O3/c1-13(2)11-17(20(28)23-9-8-22)25-19(27)16-6-5-15-7-10-26(18(15)12-16)21(29)24-14(3)4/h5-7,10,12-14,17H,9,11H2,1-4H3,(H,23,28)(H,24,29)(H,25,27). The smallest absolute Gasteiger partial charge is 0.326 e. The molecule has 1 heterocycles. The van der Waals surface area contributed by atoms with Crippen LogP contribution in [0, 0.1) is 17.2 Å². The molecule has 1 unspecified atom stereocenters. The number of amides is 3. The molecule has 3 N–H and O–H groups in total. The van der Waals surface area contributed by atoms with Crippen molar-refractivity contribution in [3.05, 3.63) is 36.0 Å². The summed E-state index contributed by atoms with van der Waals surface area (Å²) in [6.45, 7) is 7.52. The molecule has 0 radical (unpaired) electrons. The van der Waals surface area contributed by atoms with Gasteiger partial charge < -0.3 is 16.0 Å². The molecule has 2 rings (SSSR count). The number of nitrogens with zero attached hydrogens (tertiary/aromatic N) is 2. The summed E-state index contributed by atoms with van der Waals surface area (Å²) >= 11 is 0. The largest absolute Gasteiger partial charge is 0.341 e. The number of nitrogens with one attached hydrogen (secondary N) is 3. The fraction of sp³-hybridized carbons (Fsp3) is 0.429. The van der Waals surface area contributed by atoms with E-state index in [1.165, 1.54) is 4.57 Å². The van der Waals surface area contributed by atoms with Gasteiger partial charge in [-0.25, -0.2) is 4.79 Å². The van der Waals surface area contributed by atoms with E-state index in [1.807, 2.05) is 33.8 Å². The van der Waals surface area contributed by atoms with Crippen molar-refractivity contribution in [3.63, 3.8) is 0 Å². The fourth-order valence-corrected chi connectivity index (χ4v) is 2.96. The Morgan fingerprint density at radius 3 is 2.45 bits per heavy atom. The van der Waals surface area contributed by atoms with Crippen molar-refractivity contribution in [2.24, 2.45) is 5.92 Å². The fourth-order valence-electron chi connectivity index (χ4n) is 2.96. The molecule has 0 aliphatic rings. The molecule has 0 fully saturated rings. The Balaban J connectivity index is 2.25. The van der Waals surface area contributed by atoms with Gasteiger partial charge >= 0.3 is 6.03 Å². The molecule has 8 heteroatoms. The van der Waals surface area contributed by atoms with Gasteiger partial charge in [0.25, 0.3) is 5.91 Å². The van der Waals surface area contributed by atoms with Crippen molar-refractivity contribution >= 4 is 28.7 Å². The van der Waals surface area contributed by atoms with E-state index in [-0.39, 0.29) is 24.5 Å². The van der Waals surface area contributed by atoms with E-state index in [9.17, 15) is 14.4 Å². The molecule has 0 aliphatic heterocycles. The normalized spacial score (nSPS) is 11.9. The van der Waals surface area contributed by atoms with Crippen LogP contribution in [0.2, 0.25) is 0 Å². The van der Waals surface area contributed by atoms with Crippen LogP contribution >= 0.6 is 0 Å². The van der Waals surface area contributed by atoms with Crippen molar-refractivity contribution in [3.8, 4) is 6.07 Å². The molecule has 154 valence electrons. The Hall–Kier alpha value is -3.34. The summed E-state index contributed by atoms with van der Waals surface area (Å²) in [6.07, 6.45) is 2.10. The lowest BCUT2D eigenvalue weighted by molar-refractivity contribution is -0.123. The van der Waals surface area contributed by atoms with Gasteiger partial charge in [-0.1, -0.05) is 19.9 Å². The van der Waals surface area contributed by atoms with E-state index >= 15 is 0 Å². The van der Waals surface area contributed by atoms with Crippen LogP contribution in [0.25, 0.3) is 10.9 Å². The average molecular weight is 397 g/mol. The minimum Gasteiger partial charge on any atom is -0.341 e. The monoisotopic (exact) mass is 397 g/mol. The first-order chi connectivity index (χ1) is 13.7. The highest BCUT2D eigenvalue weighted by molar-refractivity contribution is 6.01. The SMILES string of the molecule is CC(C)CC(NC(=O)c1ccc2ccn(C(=O)NC(C)C)c2c1)C(=O)NCC#N. The summed E-state index contributed by atoms with van der Waals surface area (Å²) in [5, 5.41) is 17.5. The van der Waals surface area contributed by atoms with Crippen LogP contribution in [0.3, 0.4) is 0 Å². The predicted octanol–water partition coefficient (Wildman–Crippen LogP) is 2.39. The highest BCUT2D eigenvalue weighted by Gasteiger charge is 2.22. The summed E-state index contributed by atoms with van der Waals surface area (Å²) in [7, 11) is 0. The van der Waals surface area contributed by atoms with Crippen molar-refractivity contribution < 1.29 is 14.4 Å². The summed E-state index contributed by atoms with van der Waals surface area (Å²) in [6, 6.07) is 7.65. The zero-order valence-corrected chi connectivity index (χ0v) is 17.2. The highest BCUT2D eigenvalue weighted by Crippen LogP contribution is 2.18. The second-order valence-electron chi connectivity index (χ2n) is 7.60. The van der Waals surface area contributed by atoms with Gasteiger partial charge in [0.2, 0.25) is 5.91 Å². The molecule has 1 atom stereocenters. The molecule has 0 aliphatic carbocycles. The van der Waals surface area contributed by atoms with Crippen LogP contribution in [-0.4, -0.2) is 41.0 Å². The van der Waals surface area contributed by atoms with Crippen LogP contribution in [0.1, 0.15) is 44.5 Å². The number of hydrogen-bond donors (Lipinski definition) is 3. The van der Waals surface area contributed by atoms with Crippen molar-refractivity contribution in [2.75, 3.05) is 6.54 Å². The third kappa shape index (κ3) is 5.82. The van der Waals surface area contributed by atoms with Crippen molar-refractivity contribution in [1.82, 2.24) is 20.5 Å². The van der Waals surface area contributed by atoms with E-state index in [0.717, 1.165) is 5.39 Å². The molecule has 2 aromatic rings. The van der Waals surface area contributed by atoms with Crippen LogP contribution in [0.15, 0.2) is 30.5 Å². The molecule has 1 aromatic heterocycles. The lowest BCUT2D eigenvalue weighted by Crippen LogP contribution is -2.47. The molecule has 1 aromatic carbocycles. The number of fused-ring (bicyclic) bond motifs is 1. The third-order valence-corrected chi connectivity index (χ3v) is 4.26. The van der Waals surface area contributed by atoms with Crippen LogP contribution in [0.5, 0.6) is 0 Å².